The number of halogens is 3. The first-order valence-electron chi connectivity index (χ1n) is 4.98. The van der Waals surface area contributed by atoms with Crippen molar-refractivity contribution >= 4 is 34.2 Å². The molecule has 0 saturated heterocycles. The molecule has 0 radical (unpaired) electrons. The maximum atomic E-state index is 13.2. The summed E-state index contributed by atoms with van der Waals surface area (Å²) in [6.07, 6.45) is 0. The summed E-state index contributed by atoms with van der Waals surface area (Å²) < 4.78 is 19.8. The van der Waals surface area contributed by atoms with Crippen LogP contribution in [0.15, 0.2) is 42.5 Å². The van der Waals surface area contributed by atoms with Crippen molar-refractivity contribution in [2.75, 3.05) is 0 Å². The van der Waals surface area contributed by atoms with Gasteiger partial charge in [0.05, 0.1) is 8.59 Å². The number of para-hydroxylation sites is 1. The third-order valence-corrected chi connectivity index (χ3v) is 3.41. The summed E-state index contributed by atoms with van der Waals surface area (Å²) in [5.74, 6) is 0.374. The summed E-state index contributed by atoms with van der Waals surface area (Å²) >= 11 is 7.80. The molecule has 4 heteroatoms. The molecule has 0 aromatic heterocycles. The minimum absolute atomic E-state index is 0.128. The molecule has 0 aliphatic rings. The van der Waals surface area contributed by atoms with Gasteiger partial charge in [0.1, 0.15) is 18.2 Å². The fraction of sp³-hybridized carbons (Fsp3) is 0.0769. The van der Waals surface area contributed by atoms with E-state index < -0.39 is 5.82 Å². The highest BCUT2D eigenvalue weighted by Gasteiger charge is 2.03. The highest BCUT2D eigenvalue weighted by atomic mass is 127. The molecule has 0 heterocycles. The van der Waals surface area contributed by atoms with Crippen molar-refractivity contribution in [1.82, 2.24) is 0 Å². The van der Waals surface area contributed by atoms with Crippen molar-refractivity contribution in [3.63, 3.8) is 0 Å². The Hall–Kier alpha value is -0.810. The van der Waals surface area contributed by atoms with Crippen molar-refractivity contribution in [2.45, 2.75) is 6.61 Å². The molecule has 0 amide bonds. The van der Waals surface area contributed by atoms with E-state index in [1.54, 1.807) is 6.07 Å². The van der Waals surface area contributed by atoms with E-state index in [2.05, 4.69) is 22.6 Å². The Balaban J connectivity index is 2.08. The van der Waals surface area contributed by atoms with Gasteiger partial charge in [0.2, 0.25) is 0 Å². The number of benzene rings is 2. The van der Waals surface area contributed by atoms with E-state index in [9.17, 15) is 4.39 Å². The molecule has 0 saturated carbocycles. The zero-order valence-electron chi connectivity index (χ0n) is 8.79. The Kier molecular flexibility index (Phi) is 4.23. The second-order valence-corrected chi connectivity index (χ2v) is 5.04. The van der Waals surface area contributed by atoms with Gasteiger partial charge in [-0.2, -0.15) is 0 Å². The normalized spacial score (nSPS) is 10.3. The zero-order valence-corrected chi connectivity index (χ0v) is 11.7. The average Bonchev–Trinajstić information content (AvgIpc) is 2.32. The minimum atomic E-state index is -0.421. The van der Waals surface area contributed by atoms with Crippen LogP contribution in [0.4, 0.5) is 4.39 Å². The first-order chi connectivity index (χ1) is 8.16. The Morgan fingerprint density at radius 2 is 1.94 bits per heavy atom. The fourth-order valence-electron chi connectivity index (χ4n) is 1.35. The highest BCUT2D eigenvalue weighted by molar-refractivity contribution is 14.1. The predicted octanol–water partition coefficient (Wildman–Crippen LogP) is 4.66. The van der Waals surface area contributed by atoms with Gasteiger partial charge in [0, 0.05) is 0 Å². The van der Waals surface area contributed by atoms with Crippen LogP contribution in [0.5, 0.6) is 5.75 Å². The van der Waals surface area contributed by atoms with E-state index in [-0.39, 0.29) is 5.02 Å². The molecule has 0 unspecified atom stereocenters. The summed E-state index contributed by atoms with van der Waals surface area (Å²) in [5.41, 5.74) is 0.756. The quantitative estimate of drug-likeness (QED) is 0.722. The Bertz CT molecular complexity index is 531. The number of hydrogen-bond acceptors (Lipinski definition) is 1. The molecule has 0 spiro atoms. The van der Waals surface area contributed by atoms with Gasteiger partial charge in [-0.15, -0.1) is 0 Å². The molecular weight excluding hydrogens is 353 g/mol. The van der Waals surface area contributed by atoms with Crippen molar-refractivity contribution < 1.29 is 9.13 Å². The second-order valence-electron chi connectivity index (χ2n) is 3.47. The van der Waals surface area contributed by atoms with Crippen LogP contribution >= 0.6 is 34.2 Å². The third kappa shape index (κ3) is 3.33. The smallest absolute Gasteiger partial charge is 0.142 e. The van der Waals surface area contributed by atoms with Gasteiger partial charge < -0.3 is 4.74 Å². The monoisotopic (exact) mass is 362 g/mol. The molecule has 2 rings (SSSR count). The molecule has 0 aliphatic carbocycles. The van der Waals surface area contributed by atoms with Crippen molar-refractivity contribution in [2.24, 2.45) is 0 Å². The molecule has 1 nitrogen and oxygen atoms in total. The lowest BCUT2D eigenvalue weighted by molar-refractivity contribution is 0.303. The van der Waals surface area contributed by atoms with Crippen molar-refractivity contribution in [3.05, 3.63) is 62.4 Å². The fourth-order valence-corrected chi connectivity index (χ4v) is 2.01. The lowest BCUT2D eigenvalue weighted by Crippen LogP contribution is -1.97. The summed E-state index contributed by atoms with van der Waals surface area (Å²) in [6, 6.07) is 12.4. The first kappa shape index (κ1) is 12.6. The maximum absolute atomic E-state index is 13.2. The van der Waals surface area contributed by atoms with E-state index in [1.807, 2.05) is 24.3 Å². The number of rotatable bonds is 3. The molecular formula is C13H9ClFIO. The van der Waals surface area contributed by atoms with Crippen LogP contribution < -0.4 is 4.74 Å². The maximum Gasteiger partial charge on any atom is 0.142 e. The molecule has 88 valence electrons. The molecule has 0 atom stereocenters. The van der Waals surface area contributed by atoms with E-state index >= 15 is 0 Å². The molecule has 17 heavy (non-hydrogen) atoms. The van der Waals surface area contributed by atoms with Crippen molar-refractivity contribution in [3.8, 4) is 5.75 Å². The van der Waals surface area contributed by atoms with Gasteiger partial charge in [-0.3, -0.25) is 0 Å². The minimum Gasteiger partial charge on any atom is -0.488 e. The van der Waals surface area contributed by atoms with Crippen LogP contribution in [0.25, 0.3) is 0 Å². The van der Waals surface area contributed by atoms with Gasteiger partial charge in [0.15, 0.2) is 0 Å². The van der Waals surface area contributed by atoms with E-state index in [4.69, 9.17) is 16.3 Å². The molecule has 0 aliphatic heterocycles. The Labute approximate surface area is 118 Å². The van der Waals surface area contributed by atoms with Gasteiger partial charge in [-0.1, -0.05) is 29.8 Å². The summed E-state index contributed by atoms with van der Waals surface area (Å²) in [7, 11) is 0. The Morgan fingerprint density at radius 1 is 1.18 bits per heavy atom. The lowest BCUT2D eigenvalue weighted by atomic mass is 10.2. The SMILES string of the molecule is Fc1cc(COc2ccccc2I)ccc1Cl. The van der Waals surface area contributed by atoms with Gasteiger partial charge >= 0.3 is 0 Å². The molecule has 0 fully saturated rings. The van der Waals surface area contributed by atoms with Crippen molar-refractivity contribution in [1.29, 1.82) is 0 Å². The zero-order chi connectivity index (χ0) is 12.3. The largest absolute Gasteiger partial charge is 0.488 e. The first-order valence-corrected chi connectivity index (χ1v) is 6.44. The van der Waals surface area contributed by atoms with Crippen LogP contribution in [0.1, 0.15) is 5.56 Å². The van der Waals surface area contributed by atoms with Gasteiger partial charge in [0.25, 0.3) is 0 Å². The van der Waals surface area contributed by atoms with E-state index in [0.29, 0.717) is 6.61 Å². The molecule has 0 N–H and O–H groups in total. The molecule has 2 aromatic carbocycles. The van der Waals surface area contributed by atoms with Crippen LogP contribution in [-0.4, -0.2) is 0 Å². The van der Waals surface area contributed by atoms with Crippen LogP contribution in [-0.2, 0) is 6.61 Å². The topological polar surface area (TPSA) is 9.23 Å². The number of ether oxygens (including phenoxy) is 1. The van der Waals surface area contributed by atoms with E-state index in [1.165, 1.54) is 12.1 Å². The standard InChI is InChI=1S/C13H9ClFIO/c14-10-6-5-9(7-11(10)15)8-17-13-4-2-1-3-12(13)16/h1-7H,8H2. The van der Waals surface area contributed by atoms with Crippen LogP contribution in [0, 0.1) is 9.39 Å². The Morgan fingerprint density at radius 3 is 2.65 bits per heavy atom. The van der Waals surface area contributed by atoms with E-state index in [0.717, 1.165) is 14.9 Å². The van der Waals surface area contributed by atoms with Crippen LogP contribution in [0.3, 0.4) is 0 Å². The number of hydrogen-bond donors (Lipinski definition) is 0. The summed E-state index contributed by atoms with van der Waals surface area (Å²) in [5, 5.41) is 0.128. The lowest BCUT2D eigenvalue weighted by Gasteiger charge is -2.08. The summed E-state index contributed by atoms with van der Waals surface area (Å²) in [4.78, 5) is 0. The van der Waals surface area contributed by atoms with Gasteiger partial charge in [-0.25, -0.2) is 4.39 Å². The second kappa shape index (κ2) is 5.69. The molecule has 0 bridgehead atoms. The molecule has 2 aromatic rings. The highest BCUT2D eigenvalue weighted by Crippen LogP contribution is 2.22. The van der Waals surface area contributed by atoms with Crippen LogP contribution in [0.2, 0.25) is 5.02 Å². The summed E-state index contributed by atoms with van der Waals surface area (Å²) in [6.45, 7) is 0.327. The predicted molar refractivity (Wildman–Crippen MR) is 74.9 cm³/mol. The average molecular weight is 363 g/mol. The third-order valence-electron chi connectivity index (χ3n) is 2.22. The van der Waals surface area contributed by atoms with Gasteiger partial charge in [-0.05, 0) is 52.4 Å².